The average Bonchev–Trinajstić information content (AvgIpc) is 2.57. The summed E-state index contributed by atoms with van der Waals surface area (Å²) in [6.45, 7) is 3.70. The Balaban J connectivity index is 2.15. The van der Waals surface area contributed by atoms with E-state index in [4.69, 9.17) is 4.42 Å². The minimum Gasteiger partial charge on any atom is -0.441 e. The maximum atomic E-state index is 5.40. The van der Waals surface area contributed by atoms with Crippen LogP contribution in [0.15, 0.2) is 22.6 Å². The highest BCUT2D eigenvalue weighted by atomic mass is 16.3. The Hall–Kier alpha value is -1.55. The van der Waals surface area contributed by atoms with Gasteiger partial charge in [0.15, 0.2) is 11.5 Å². The molecule has 2 aromatic rings. The van der Waals surface area contributed by atoms with Crippen LogP contribution in [0.1, 0.15) is 5.89 Å². The van der Waals surface area contributed by atoms with Crippen LogP contribution in [0.25, 0.3) is 11.1 Å². The number of anilines is 1. The van der Waals surface area contributed by atoms with Crippen LogP contribution in [-0.4, -0.2) is 25.1 Å². The summed E-state index contributed by atoms with van der Waals surface area (Å²) in [5.74, 6) is 0.706. The number of benzene rings is 1. The highest BCUT2D eigenvalue weighted by Crippen LogP contribution is 2.19. The van der Waals surface area contributed by atoms with Crippen molar-refractivity contribution >= 4 is 16.8 Å². The van der Waals surface area contributed by atoms with Crippen LogP contribution in [0.4, 0.5) is 5.69 Å². The molecule has 0 aliphatic rings. The molecule has 0 atom stereocenters. The quantitative estimate of drug-likeness (QED) is 0.747. The third kappa shape index (κ3) is 2.27. The Morgan fingerprint density at radius 3 is 3.00 bits per heavy atom. The van der Waals surface area contributed by atoms with E-state index in [0.717, 1.165) is 29.9 Å². The zero-order valence-corrected chi connectivity index (χ0v) is 9.00. The molecule has 0 saturated carbocycles. The van der Waals surface area contributed by atoms with Crippen LogP contribution in [0, 0.1) is 6.92 Å². The third-order valence-corrected chi connectivity index (χ3v) is 2.20. The summed E-state index contributed by atoms with van der Waals surface area (Å²) < 4.78 is 5.40. The number of aryl methyl sites for hydroxylation is 1. The molecule has 4 heteroatoms. The molecule has 1 aromatic heterocycles. The van der Waals surface area contributed by atoms with Crippen LogP contribution in [0.3, 0.4) is 0 Å². The largest absolute Gasteiger partial charge is 0.441 e. The van der Waals surface area contributed by atoms with E-state index in [9.17, 15) is 0 Å². The van der Waals surface area contributed by atoms with Gasteiger partial charge in [-0.25, -0.2) is 4.98 Å². The lowest BCUT2D eigenvalue weighted by Gasteiger charge is -2.04. The molecule has 80 valence electrons. The van der Waals surface area contributed by atoms with Gasteiger partial charge in [-0.3, -0.25) is 0 Å². The molecule has 4 nitrogen and oxygen atoms in total. The number of likely N-dealkylation sites (N-methyl/N-ethyl adjacent to an activating group) is 1. The molecule has 1 aromatic carbocycles. The van der Waals surface area contributed by atoms with Crippen LogP contribution < -0.4 is 10.6 Å². The zero-order valence-electron chi connectivity index (χ0n) is 9.00. The molecule has 0 spiro atoms. The van der Waals surface area contributed by atoms with Crippen LogP contribution in [0.2, 0.25) is 0 Å². The van der Waals surface area contributed by atoms with Gasteiger partial charge in [-0.1, -0.05) is 0 Å². The van der Waals surface area contributed by atoms with E-state index in [1.54, 1.807) is 0 Å². The number of aromatic nitrogens is 1. The Kier molecular flexibility index (Phi) is 2.87. The second-order valence-corrected chi connectivity index (χ2v) is 3.45. The lowest BCUT2D eigenvalue weighted by Crippen LogP contribution is -2.17. The van der Waals surface area contributed by atoms with Crippen molar-refractivity contribution < 1.29 is 4.42 Å². The van der Waals surface area contributed by atoms with Gasteiger partial charge in [0.1, 0.15) is 5.52 Å². The van der Waals surface area contributed by atoms with Crippen molar-refractivity contribution in [2.75, 3.05) is 25.5 Å². The summed E-state index contributed by atoms with van der Waals surface area (Å²) in [5, 5.41) is 6.39. The molecule has 0 bridgehead atoms. The second kappa shape index (κ2) is 4.31. The van der Waals surface area contributed by atoms with E-state index in [1.807, 2.05) is 32.2 Å². The Bertz CT molecular complexity index is 450. The fourth-order valence-electron chi connectivity index (χ4n) is 1.48. The number of fused-ring (bicyclic) bond motifs is 1. The monoisotopic (exact) mass is 205 g/mol. The highest BCUT2D eigenvalue weighted by Gasteiger charge is 2.02. The Labute approximate surface area is 88.7 Å². The maximum absolute atomic E-state index is 5.40. The lowest BCUT2D eigenvalue weighted by molar-refractivity contribution is 0.561. The number of hydrogen-bond acceptors (Lipinski definition) is 4. The molecule has 15 heavy (non-hydrogen) atoms. The standard InChI is InChI=1S/C11H15N3O/c1-8-14-10-7-9(13-6-5-12-2)3-4-11(10)15-8/h3-4,7,12-13H,5-6H2,1-2H3. The van der Waals surface area contributed by atoms with E-state index >= 15 is 0 Å². The predicted octanol–water partition coefficient (Wildman–Crippen LogP) is 1.77. The fourth-order valence-corrected chi connectivity index (χ4v) is 1.48. The molecule has 0 radical (unpaired) electrons. The van der Waals surface area contributed by atoms with Gasteiger partial charge in [0.05, 0.1) is 0 Å². The van der Waals surface area contributed by atoms with E-state index in [-0.39, 0.29) is 0 Å². The first-order valence-corrected chi connectivity index (χ1v) is 5.05. The summed E-state index contributed by atoms with van der Waals surface area (Å²) in [4.78, 5) is 4.28. The summed E-state index contributed by atoms with van der Waals surface area (Å²) in [5.41, 5.74) is 2.82. The molecule has 0 fully saturated rings. The van der Waals surface area contributed by atoms with Gasteiger partial charge in [-0.2, -0.15) is 0 Å². The fraction of sp³-hybridized carbons (Fsp3) is 0.364. The van der Waals surface area contributed by atoms with Crippen molar-refractivity contribution in [2.45, 2.75) is 6.92 Å². The van der Waals surface area contributed by atoms with E-state index < -0.39 is 0 Å². The molecular weight excluding hydrogens is 190 g/mol. The SMILES string of the molecule is CNCCNc1ccc2oc(C)nc2c1. The molecular formula is C11H15N3O. The molecule has 0 aliphatic heterocycles. The first-order chi connectivity index (χ1) is 7.29. The summed E-state index contributed by atoms with van der Waals surface area (Å²) in [6.07, 6.45) is 0. The Morgan fingerprint density at radius 1 is 1.33 bits per heavy atom. The molecule has 2 N–H and O–H groups in total. The minimum atomic E-state index is 0.706. The van der Waals surface area contributed by atoms with Gasteiger partial charge >= 0.3 is 0 Å². The van der Waals surface area contributed by atoms with Crippen LogP contribution >= 0.6 is 0 Å². The Morgan fingerprint density at radius 2 is 2.20 bits per heavy atom. The maximum Gasteiger partial charge on any atom is 0.192 e. The number of oxazole rings is 1. The first-order valence-electron chi connectivity index (χ1n) is 5.05. The first kappa shape index (κ1) is 9.98. The summed E-state index contributed by atoms with van der Waals surface area (Å²) >= 11 is 0. The van der Waals surface area contributed by atoms with Crippen molar-refractivity contribution in [3.05, 3.63) is 24.1 Å². The average molecular weight is 205 g/mol. The molecule has 0 amide bonds. The number of hydrogen-bond donors (Lipinski definition) is 2. The van der Waals surface area contributed by atoms with E-state index in [0.29, 0.717) is 5.89 Å². The van der Waals surface area contributed by atoms with Gasteiger partial charge in [-0.15, -0.1) is 0 Å². The van der Waals surface area contributed by atoms with Crippen molar-refractivity contribution in [1.82, 2.24) is 10.3 Å². The minimum absolute atomic E-state index is 0.706. The van der Waals surface area contributed by atoms with E-state index in [1.165, 1.54) is 0 Å². The van der Waals surface area contributed by atoms with Crippen molar-refractivity contribution in [3.8, 4) is 0 Å². The smallest absolute Gasteiger partial charge is 0.192 e. The van der Waals surface area contributed by atoms with Gasteiger partial charge < -0.3 is 15.1 Å². The van der Waals surface area contributed by atoms with Crippen molar-refractivity contribution in [3.63, 3.8) is 0 Å². The molecule has 0 aliphatic carbocycles. The van der Waals surface area contributed by atoms with Crippen LogP contribution in [-0.2, 0) is 0 Å². The highest BCUT2D eigenvalue weighted by molar-refractivity contribution is 5.77. The normalized spacial score (nSPS) is 10.8. The number of rotatable bonds is 4. The lowest BCUT2D eigenvalue weighted by atomic mass is 10.3. The molecule has 1 heterocycles. The summed E-state index contributed by atoms with van der Waals surface area (Å²) in [6, 6.07) is 5.95. The molecule has 2 rings (SSSR count). The number of nitrogens with zero attached hydrogens (tertiary/aromatic N) is 1. The van der Waals surface area contributed by atoms with Gasteiger partial charge in [0, 0.05) is 25.7 Å². The molecule has 0 unspecified atom stereocenters. The number of nitrogens with one attached hydrogen (secondary N) is 2. The second-order valence-electron chi connectivity index (χ2n) is 3.45. The predicted molar refractivity (Wildman–Crippen MR) is 61.2 cm³/mol. The van der Waals surface area contributed by atoms with Crippen LogP contribution in [0.5, 0.6) is 0 Å². The van der Waals surface area contributed by atoms with Gasteiger partial charge in [-0.05, 0) is 25.2 Å². The topological polar surface area (TPSA) is 50.1 Å². The van der Waals surface area contributed by atoms with Gasteiger partial charge in [0.25, 0.3) is 0 Å². The third-order valence-electron chi connectivity index (χ3n) is 2.20. The summed E-state index contributed by atoms with van der Waals surface area (Å²) in [7, 11) is 1.94. The zero-order chi connectivity index (χ0) is 10.7. The van der Waals surface area contributed by atoms with E-state index in [2.05, 4.69) is 15.6 Å². The molecule has 0 saturated heterocycles. The van der Waals surface area contributed by atoms with Crippen molar-refractivity contribution in [1.29, 1.82) is 0 Å². The van der Waals surface area contributed by atoms with Gasteiger partial charge in [0.2, 0.25) is 0 Å². The van der Waals surface area contributed by atoms with Crippen molar-refractivity contribution in [2.24, 2.45) is 0 Å².